The molecule has 2 amide bonds. The van der Waals surface area contributed by atoms with Gasteiger partial charge in [-0.2, -0.15) is 0 Å². The molecular weight excluding hydrogens is 519 g/mol. The molecule has 0 aromatic heterocycles. The van der Waals surface area contributed by atoms with E-state index in [2.05, 4.69) is 26.1 Å². The zero-order valence-corrected chi connectivity index (χ0v) is 24.1. The van der Waals surface area contributed by atoms with Crippen LogP contribution >= 0.6 is 23.2 Å². The van der Waals surface area contributed by atoms with E-state index >= 15 is 0 Å². The summed E-state index contributed by atoms with van der Waals surface area (Å²) in [6.45, 7) is 9.98. The lowest BCUT2D eigenvalue weighted by molar-refractivity contribution is -0.143. The number of nitrogens with one attached hydrogen (secondary N) is 1. The Morgan fingerprint density at radius 3 is 2.24 bits per heavy atom. The van der Waals surface area contributed by atoms with E-state index in [9.17, 15) is 9.59 Å². The number of benzene rings is 3. The molecule has 0 aliphatic carbocycles. The minimum atomic E-state index is -0.777. The van der Waals surface area contributed by atoms with E-state index in [1.54, 1.807) is 23.1 Å². The molecule has 0 saturated carbocycles. The van der Waals surface area contributed by atoms with Gasteiger partial charge in [0.15, 0.2) is 6.61 Å². The van der Waals surface area contributed by atoms with Crippen LogP contribution in [0, 0.1) is 0 Å². The standard InChI is InChI=1S/C31H36Cl2N2O3/c1-21(2)34-30(37)27(17-22-11-7-6-8-12-22)35(19-23-15-16-24(32)18-26(23)33)29(36)20-38-28-14-10-9-13-25(28)31(3,4)5/h6-16,18,21,27H,17,19-20H2,1-5H3,(H,34,37)/t27-/m0/s1. The highest BCUT2D eigenvalue weighted by atomic mass is 35.5. The fourth-order valence-electron chi connectivity index (χ4n) is 4.20. The van der Waals surface area contributed by atoms with Crippen molar-refractivity contribution in [2.75, 3.05) is 6.61 Å². The molecule has 0 bridgehead atoms. The summed E-state index contributed by atoms with van der Waals surface area (Å²) in [5, 5.41) is 3.91. The zero-order valence-electron chi connectivity index (χ0n) is 22.6. The van der Waals surface area contributed by atoms with Crippen molar-refractivity contribution >= 4 is 35.0 Å². The minimum absolute atomic E-state index is 0.0910. The lowest BCUT2D eigenvalue weighted by Crippen LogP contribution is -2.52. The lowest BCUT2D eigenvalue weighted by Gasteiger charge is -2.32. The Balaban J connectivity index is 1.97. The second kappa shape index (κ2) is 13.2. The number of nitrogens with zero attached hydrogens (tertiary/aromatic N) is 1. The molecule has 0 fully saturated rings. The molecule has 0 aliphatic rings. The first kappa shape index (κ1) is 29.5. The zero-order chi connectivity index (χ0) is 27.9. The van der Waals surface area contributed by atoms with Crippen molar-refractivity contribution in [2.45, 2.75) is 65.1 Å². The van der Waals surface area contributed by atoms with Gasteiger partial charge in [-0.25, -0.2) is 0 Å². The fraction of sp³-hybridized carbons (Fsp3) is 0.355. The maximum Gasteiger partial charge on any atom is 0.261 e. The predicted molar refractivity (Wildman–Crippen MR) is 155 cm³/mol. The molecular formula is C31H36Cl2N2O3. The monoisotopic (exact) mass is 554 g/mol. The van der Waals surface area contributed by atoms with Crippen LogP contribution in [0.1, 0.15) is 51.3 Å². The first-order valence-corrected chi connectivity index (χ1v) is 13.5. The minimum Gasteiger partial charge on any atom is -0.483 e. The smallest absolute Gasteiger partial charge is 0.261 e. The van der Waals surface area contributed by atoms with Gasteiger partial charge in [0, 0.05) is 29.1 Å². The largest absolute Gasteiger partial charge is 0.483 e. The van der Waals surface area contributed by atoms with Crippen molar-refractivity contribution in [2.24, 2.45) is 0 Å². The van der Waals surface area contributed by atoms with Gasteiger partial charge in [-0.3, -0.25) is 9.59 Å². The van der Waals surface area contributed by atoms with Gasteiger partial charge < -0.3 is 15.0 Å². The van der Waals surface area contributed by atoms with E-state index in [1.807, 2.05) is 68.4 Å². The Kier molecular flexibility index (Phi) is 10.2. The second-order valence-corrected chi connectivity index (χ2v) is 11.5. The average Bonchev–Trinajstić information content (AvgIpc) is 2.85. The highest BCUT2D eigenvalue weighted by Crippen LogP contribution is 2.31. The Morgan fingerprint density at radius 2 is 1.61 bits per heavy atom. The van der Waals surface area contributed by atoms with Crippen LogP contribution in [0.3, 0.4) is 0 Å². The van der Waals surface area contributed by atoms with Crippen molar-refractivity contribution in [3.63, 3.8) is 0 Å². The van der Waals surface area contributed by atoms with Gasteiger partial charge in [0.1, 0.15) is 11.8 Å². The van der Waals surface area contributed by atoms with Gasteiger partial charge in [0.25, 0.3) is 5.91 Å². The van der Waals surface area contributed by atoms with Gasteiger partial charge in [0.05, 0.1) is 0 Å². The third-order valence-electron chi connectivity index (χ3n) is 6.10. The van der Waals surface area contributed by atoms with Crippen LogP contribution in [0.15, 0.2) is 72.8 Å². The lowest BCUT2D eigenvalue weighted by atomic mass is 9.86. The highest BCUT2D eigenvalue weighted by molar-refractivity contribution is 6.35. The number of hydrogen-bond acceptors (Lipinski definition) is 3. The molecule has 0 spiro atoms. The molecule has 0 unspecified atom stereocenters. The molecule has 1 N–H and O–H groups in total. The summed E-state index contributed by atoms with van der Waals surface area (Å²) in [7, 11) is 0. The summed E-state index contributed by atoms with van der Waals surface area (Å²) in [6, 6.07) is 21.6. The molecule has 0 saturated heterocycles. The summed E-state index contributed by atoms with van der Waals surface area (Å²) < 4.78 is 6.08. The molecule has 0 aliphatic heterocycles. The van der Waals surface area contributed by atoms with Crippen molar-refractivity contribution < 1.29 is 14.3 Å². The van der Waals surface area contributed by atoms with E-state index < -0.39 is 6.04 Å². The van der Waals surface area contributed by atoms with Gasteiger partial charge in [-0.05, 0) is 54.2 Å². The first-order chi connectivity index (χ1) is 18.0. The highest BCUT2D eigenvalue weighted by Gasteiger charge is 2.32. The number of hydrogen-bond donors (Lipinski definition) is 1. The quantitative estimate of drug-likeness (QED) is 0.298. The van der Waals surface area contributed by atoms with Gasteiger partial charge in [-0.15, -0.1) is 0 Å². The molecule has 7 heteroatoms. The Morgan fingerprint density at radius 1 is 0.947 bits per heavy atom. The maximum atomic E-state index is 13.8. The summed E-state index contributed by atoms with van der Waals surface area (Å²) in [4.78, 5) is 28.9. The molecule has 0 radical (unpaired) electrons. The Hall–Kier alpha value is -3.02. The normalized spacial score (nSPS) is 12.2. The molecule has 202 valence electrons. The third-order valence-corrected chi connectivity index (χ3v) is 6.69. The Bertz CT molecular complexity index is 1240. The number of ether oxygens (including phenoxy) is 1. The topological polar surface area (TPSA) is 58.6 Å². The van der Waals surface area contributed by atoms with Crippen LogP contribution in [0.2, 0.25) is 10.0 Å². The van der Waals surface area contributed by atoms with E-state index in [-0.39, 0.29) is 36.4 Å². The molecule has 1 atom stereocenters. The molecule has 3 aromatic carbocycles. The number of amides is 2. The van der Waals surface area contributed by atoms with E-state index in [0.29, 0.717) is 27.8 Å². The van der Waals surface area contributed by atoms with Crippen molar-refractivity contribution in [1.82, 2.24) is 10.2 Å². The van der Waals surface area contributed by atoms with Crippen molar-refractivity contribution in [3.05, 3.63) is 99.5 Å². The van der Waals surface area contributed by atoms with Crippen molar-refractivity contribution in [3.8, 4) is 5.75 Å². The van der Waals surface area contributed by atoms with Gasteiger partial charge in [-0.1, -0.05) is 98.6 Å². The van der Waals surface area contributed by atoms with Gasteiger partial charge >= 0.3 is 0 Å². The summed E-state index contributed by atoms with van der Waals surface area (Å²) in [5.74, 6) is 0.0843. The number of carbonyl (C=O) groups is 2. The van der Waals surface area contributed by atoms with E-state index in [1.165, 1.54) is 0 Å². The van der Waals surface area contributed by atoms with Crippen LogP contribution in [0.4, 0.5) is 0 Å². The molecule has 5 nitrogen and oxygen atoms in total. The van der Waals surface area contributed by atoms with Crippen LogP contribution in [-0.4, -0.2) is 35.4 Å². The molecule has 38 heavy (non-hydrogen) atoms. The van der Waals surface area contributed by atoms with E-state index in [0.717, 1.165) is 11.1 Å². The molecule has 3 rings (SSSR count). The molecule has 0 heterocycles. The van der Waals surface area contributed by atoms with Crippen LogP contribution in [0.5, 0.6) is 5.75 Å². The Labute approximate surface area is 236 Å². The van der Waals surface area contributed by atoms with Crippen LogP contribution < -0.4 is 10.1 Å². The number of carbonyl (C=O) groups excluding carboxylic acids is 2. The molecule has 3 aromatic rings. The number of halogens is 2. The summed E-state index contributed by atoms with van der Waals surface area (Å²) in [6.07, 6.45) is 0.342. The first-order valence-electron chi connectivity index (χ1n) is 12.8. The SMILES string of the molecule is CC(C)NC(=O)[C@H](Cc1ccccc1)N(Cc1ccc(Cl)cc1Cl)C(=O)COc1ccccc1C(C)(C)C. The summed E-state index contributed by atoms with van der Waals surface area (Å²) in [5.41, 5.74) is 2.46. The maximum absolute atomic E-state index is 13.8. The van der Waals surface area contributed by atoms with Crippen LogP contribution in [0.25, 0.3) is 0 Å². The third kappa shape index (κ3) is 8.24. The number of rotatable bonds is 10. The van der Waals surface area contributed by atoms with E-state index in [4.69, 9.17) is 27.9 Å². The van der Waals surface area contributed by atoms with Crippen molar-refractivity contribution in [1.29, 1.82) is 0 Å². The average molecular weight is 556 g/mol. The fourth-order valence-corrected chi connectivity index (χ4v) is 4.67. The number of para-hydroxylation sites is 1. The second-order valence-electron chi connectivity index (χ2n) is 10.7. The van der Waals surface area contributed by atoms with Crippen LogP contribution in [-0.2, 0) is 28.0 Å². The summed E-state index contributed by atoms with van der Waals surface area (Å²) >= 11 is 12.6. The van der Waals surface area contributed by atoms with Gasteiger partial charge in [0.2, 0.25) is 5.91 Å². The predicted octanol–water partition coefficient (Wildman–Crippen LogP) is 6.83.